The van der Waals surface area contributed by atoms with Gasteiger partial charge in [0.15, 0.2) is 5.15 Å². The minimum atomic E-state index is 0. The van der Waals surface area contributed by atoms with Gasteiger partial charge in [-0.15, -0.1) is 0 Å². The molecule has 0 unspecified atom stereocenters. The molecule has 0 N–H and O–H groups in total. The van der Waals surface area contributed by atoms with E-state index in [1.165, 1.54) is 12.1 Å². The largest absolute Gasteiger partial charge is 0.593 e. The Morgan fingerprint density at radius 1 is 1.60 bits per heavy atom. The standard InChI is InChI=1S/C4H3ClN2OS.Na.H/c5-3-1-2-4(9)7(8)6-3;;/h1-2,9H;;. The summed E-state index contributed by atoms with van der Waals surface area (Å²) in [6, 6.07) is 2.98. The topological polar surface area (TPSA) is 39.8 Å². The molecule has 1 rings (SSSR count). The van der Waals surface area contributed by atoms with E-state index in [1.807, 2.05) is 0 Å². The van der Waals surface area contributed by atoms with Crippen molar-refractivity contribution in [1.29, 1.82) is 0 Å². The predicted octanol–water partition coefficient (Wildman–Crippen LogP) is 0.00860. The monoisotopic (exact) mass is 186 g/mol. The molecule has 0 bridgehead atoms. The smallest absolute Gasteiger partial charge is 0.276 e. The second kappa shape index (κ2) is 4.41. The van der Waals surface area contributed by atoms with E-state index in [9.17, 15) is 5.21 Å². The molecule has 0 saturated carbocycles. The van der Waals surface area contributed by atoms with Gasteiger partial charge in [-0.1, -0.05) is 24.2 Å². The first kappa shape index (κ1) is 10.5. The Labute approximate surface area is 90.7 Å². The van der Waals surface area contributed by atoms with Crippen LogP contribution in [-0.4, -0.2) is 34.7 Å². The van der Waals surface area contributed by atoms with Gasteiger partial charge in [-0.25, -0.2) is 0 Å². The fourth-order valence-corrected chi connectivity index (χ4v) is 0.629. The Morgan fingerprint density at radius 2 is 2.20 bits per heavy atom. The summed E-state index contributed by atoms with van der Waals surface area (Å²) in [7, 11) is 0. The summed E-state index contributed by atoms with van der Waals surface area (Å²) in [5.74, 6) is 0. The Morgan fingerprint density at radius 3 is 2.60 bits per heavy atom. The van der Waals surface area contributed by atoms with Crippen LogP contribution in [0.1, 0.15) is 0 Å². The molecule has 0 aromatic carbocycles. The van der Waals surface area contributed by atoms with Gasteiger partial charge in [0.1, 0.15) is 0 Å². The normalized spacial score (nSPS) is 8.60. The number of hydrogen-bond donors (Lipinski definition) is 1. The number of aromatic nitrogens is 2. The van der Waals surface area contributed by atoms with Crippen molar-refractivity contribution in [3.05, 3.63) is 22.5 Å². The zero-order valence-corrected chi connectivity index (χ0v) is 5.93. The third-order valence-electron chi connectivity index (χ3n) is 0.752. The van der Waals surface area contributed by atoms with Crippen LogP contribution in [0.4, 0.5) is 0 Å². The van der Waals surface area contributed by atoms with E-state index in [1.54, 1.807) is 0 Å². The molecule has 3 nitrogen and oxygen atoms in total. The molecular formula is C4H4ClN2NaOS. The summed E-state index contributed by atoms with van der Waals surface area (Å²) in [6.07, 6.45) is 0. The number of hydrogen-bond acceptors (Lipinski definition) is 3. The zero-order valence-electron chi connectivity index (χ0n) is 4.28. The molecule has 0 aliphatic heterocycles. The second-order valence-corrected chi connectivity index (χ2v) is 2.23. The van der Waals surface area contributed by atoms with Gasteiger partial charge in [-0.2, -0.15) is 0 Å². The minimum Gasteiger partial charge on any atom is -0.593 e. The van der Waals surface area contributed by atoms with E-state index < -0.39 is 0 Å². The van der Waals surface area contributed by atoms with Crippen LogP contribution < -0.4 is 4.85 Å². The molecule has 0 radical (unpaired) electrons. The van der Waals surface area contributed by atoms with E-state index in [2.05, 4.69) is 17.7 Å². The molecule has 1 aromatic heterocycles. The number of thiol groups is 1. The summed E-state index contributed by atoms with van der Waals surface area (Å²) < 4.78 is 0. The molecule has 6 heteroatoms. The summed E-state index contributed by atoms with van der Waals surface area (Å²) >= 11 is 9.13. The molecule has 0 aliphatic carbocycles. The maximum atomic E-state index is 10.5. The average molecular weight is 187 g/mol. The predicted molar refractivity (Wildman–Crippen MR) is 42.6 cm³/mol. The maximum absolute atomic E-state index is 10.5. The first-order valence-electron chi connectivity index (χ1n) is 2.15. The van der Waals surface area contributed by atoms with Crippen molar-refractivity contribution in [1.82, 2.24) is 5.10 Å². The molecule has 0 aliphatic rings. The van der Waals surface area contributed by atoms with Gasteiger partial charge < -0.3 is 5.21 Å². The fraction of sp³-hybridized carbons (Fsp3) is 0. The van der Waals surface area contributed by atoms with Gasteiger partial charge in [0, 0.05) is 11.2 Å². The molecule has 0 fully saturated rings. The van der Waals surface area contributed by atoms with Crippen molar-refractivity contribution < 1.29 is 4.85 Å². The van der Waals surface area contributed by atoms with Crippen LogP contribution in [0.15, 0.2) is 17.2 Å². The first-order chi connectivity index (χ1) is 4.20. The minimum absolute atomic E-state index is 0. The maximum Gasteiger partial charge on any atom is 0.276 e. The Hall–Kier alpha value is 0.520. The summed E-state index contributed by atoms with van der Waals surface area (Å²) in [6.45, 7) is 0. The Balaban J connectivity index is 0.000000810. The van der Waals surface area contributed by atoms with Gasteiger partial charge >= 0.3 is 29.6 Å². The molecule has 0 atom stereocenters. The van der Waals surface area contributed by atoms with Gasteiger partial charge in [0.05, 0.1) is 0 Å². The fourth-order valence-electron chi connectivity index (χ4n) is 0.378. The summed E-state index contributed by atoms with van der Waals surface area (Å²) in [5, 5.41) is 14.2. The second-order valence-electron chi connectivity index (χ2n) is 1.39. The van der Waals surface area contributed by atoms with E-state index in [4.69, 9.17) is 11.6 Å². The SMILES string of the molecule is [NaH].[O-][n+]1nc(Cl)ccc1S. The quantitative estimate of drug-likeness (QED) is 0.268. The van der Waals surface area contributed by atoms with Gasteiger partial charge in [0.2, 0.25) is 0 Å². The van der Waals surface area contributed by atoms with Crippen LogP contribution in [0.5, 0.6) is 0 Å². The van der Waals surface area contributed by atoms with Gasteiger partial charge in [0.25, 0.3) is 5.03 Å². The van der Waals surface area contributed by atoms with Gasteiger partial charge in [-0.05, 0) is 10.9 Å². The van der Waals surface area contributed by atoms with E-state index >= 15 is 0 Å². The summed E-state index contributed by atoms with van der Waals surface area (Å²) in [5.41, 5.74) is 0. The van der Waals surface area contributed by atoms with Crippen LogP contribution in [0, 0.1) is 5.21 Å². The van der Waals surface area contributed by atoms with Crippen LogP contribution in [-0.2, 0) is 0 Å². The van der Waals surface area contributed by atoms with Crippen molar-refractivity contribution >= 4 is 53.8 Å². The van der Waals surface area contributed by atoms with E-state index in [-0.39, 0.29) is 39.7 Å². The van der Waals surface area contributed by atoms with Crippen molar-refractivity contribution in [2.75, 3.05) is 0 Å². The van der Waals surface area contributed by atoms with Crippen LogP contribution in [0.2, 0.25) is 5.15 Å². The molecular weight excluding hydrogens is 183 g/mol. The number of nitrogens with zero attached hydrogens (tertiary/aromatic N) is 2. The molecule has 10 heavy (non-hydrogen) atoms. The zero-order chi connectivity index (χ0) is 6.85. The molecule has 0 spiro atoms. The molecule has 0 amide bonds. The molecule has 0 saturated heterocycles. The molecule has 1 aromatic rings. The van der Waals surface area contributed by atoms with Crippen LogP contribution in [0.3, 0.4) is 0 Å². The average Bonchev–Trinajstić information content (AvgIpc) is 1.80. The van der Waals surface area contributed by atoms with E-state index in [0.717, 1.165) is 0 Å². The van der Waals surface area contributed by atoms with Crippen molar-refractivity contribution in [2.45, 2.75) is 5.03 Å². The van der Waals surface area contributed by atoms with Crippen molar-refractivity contribution in [3.8, 4) is 0 Å². The third kappa shape index (κ3) is 2.64. The van der Waals surface area contributed by atoms with Crippen molar-refractivity contribution in [3.63, 3.8) is 0 Å². The van der Waals surface area contributed by atoms with Crippen LogP contribution >= 0.6 is 24.2 Å². The van der Waals surface area contributed by atoms with Gasteiger partial charge in [-0.3, -0.25) is 0 Å². The first-order valence-corrected chi connectivity index (χ1v) is 2.98. The third-order valence-corrected chi connectivity index (χ3v) is 1.27. The summed E-state index contributed by atoms with van der Waals surface area (Å²) in [4.78, 5) is 0.353. The number of rotatable bonds is 0. The number of halogens is 1. The Kier molecular flexibility index (Phi) is 4.64. The van der Waals surface area contributed by atoms with E-state index in [0.29, 0.717) is 4.85 Å². The van der Waals surface area contributed by atoms with Crippen molar-refractivity contribution in [2.24, 2.45) is 0 Å². The Bertz CT molecular complexity index is 234. The molecule has 1 heterocycles. The molecule has 50 valence electrons. The van der Waals surface area contributed by atoms with Crippen LogP contribution in [0.25, 0.3) is 0 Å².